The van der Waals surface area contributed by atoms with Crippen LogP contribution in [0.25, 0.3) is 0 Å². The highest BCUT2D eigenvalue weighted by atomic mass is 79.9. The zero-order valence-electron chi connectivity index (χ0n) is 8.74. The fourth-order valence-electron chi connectivity index (χ4n) is 1.79. The average Bonchev–Trinajstić information content (AvgIpc) is 2.33. The van der Waals surface area contributed by atoms with E-state index >= 15 is 0 Å². The van der Waals surface area contributed by atoms with Crippen molar-refractivity contribution in [2.24, 2.45) is 0 Å². The van der Waals surface area contributed by atoms with Gasteiger partial charge in [0.2, 0.25) is 12.3 Å². The Morgan fingerprint density at radius 3 is 3.00 bits per heavy atom. The minimum absolute atomic E-state index is 0.0691. The van der Waals surface area contributed by atoms with Crippen molar-refractivity contribution < 1.29 is 9.59 Å². The van der Waals surface area contributed by atoms with Gasteiger partial charge < -0.3 is 10.2 Å². The van der Waals surface area contributed by atoms with E-state index < -0.39 is 0 Å². The Hall–Kier alpha value is -1.36. The van der Waals surface area contributed by atoms with Crippen molar-refractivity contribution in [3.8, 4) is 0 Å². The van der Waals surface area contributed by atoms with Gasteiger partial charge in [0, 0.05) is 16.9 Å². The van der Waals surface area contributed by atoms with Crippen molar-refractivity contribution in [2.45, 2.75) is 19.4 Å². The zero-order chi connectivity index (χ0) is 11.7. The molecule has 0 radical (unpaired) electrons. The molecule has 0 saturated carbocycles. The Bertz CT molecular complexity index is 448. The van der Waals surface area contributed by atoms with Crippen LogP contribution >= 0.6 is 15.9 Å². The number of hydrogen-bond donors (Lipinski definition) is 1. The normalized spacial score (nSPS) is 19.8. The molecule has 84 valence electrons. The predicted molar refractivity (Wildman–Crippen MR) is 65.4 cm³/mol. The van der Waals surface area contributed by atoms with E-state index in [9.17, 15) is 9.59 Å². The highest BCUT2D eigenvalue weighted by molar-refractivity contribution is 9.10. The van der Waals surface area contributed by atoms with E-state index in [1.807, 2.05) is 19.1 Å². The predicted octanol–water partition coefficient (Wildman–Crippen LogP) is 2.14. The molecule has 1 heterocycles. The lowest BCUT2D eigenvalue weighted by Gasteiger charge is -2.22. The lowest BCUT2D eigenvalue weighted by Crippen LogP contribution is -2.32. The molecule has 1 atom stereocenters. The molecule has 0 spiro atoms. The first kappa shape index (κ1) is 11.1. The minimum atomic E-state index is -0.131. The number of rotatable bonds is 1. The summed E-state index contributed by atoms with van der Waals surface area (Å²) in [5, 5.41) is 2.78. The van der Waals surface area contributed by atoms with Gasteiger partial charge in [-0.2, -0.15) is 0 Å². The molecular weight excluding hydrogens is 272 g/mol. The van der Waals surface area contributed by atoms with E-state index in [0.717, 1.165) is 16.6 Å². The van der Waals surface area contributed by atoms with Crippen LogP contribution in [0.4, 0.5) is 11.4 Å². The van der Waals surface area contributed by atoms with Gasteiger partial charge in [0.15, 0.2) is 0 Å². The van der Waals surface area contributed by atoms with Crippen LogP contribution in [0.1, 0.15) is 13.3 Å². The molecule has 1 aliphatic rings. The third-order valence-electron chi connectivity index (χ3n) is 2.58. The van der Waals surface area contributed by atoms with Crippen molar-refractivity contribution >= 4 is 39.6 Å². The van der Waals surface area contributed by atoms with Crippen LogP contribution in [0.3, 0.4) is 0 Å². The quantitative estimate of drug-likeness (QED) is 0.803. The molecule has 0 aliphatic carbocycles. The minimum Gasteiger partial charge on any atom is -0.324 e. The summed E-state index contributed by atoms with van der Waals surface area (Å²) < 4.78 is 0.876. The van der Waals surface area contributed by atoms with E-state index in [2.05, 4.69) is 21.2 Å². The number of hydrogen-bond acceptors (Lipinski definition) is 2. The van der Waals surface area contributed by atoms with Crippen LogP contribution < -0.4 is 10.2 Å². The number of fused-ring (bicyclic) bond motifs is 1. The van der Waals surface area contributed by atoms with Gasteiger partial charge in [-0.05, 0) is 25.1 Å². The van der Waals surface area contributed by atoms with Gasteiger partial charge in [-0.15, -0.1) is 0 Å². The summed E-state index contributed by atoms with van der Waals surface area (Å²) in [4.78, 5) is 24.2. The molecule has 1 aliphatic heterocycles. The Labute approximate surface area is 102 Å². The summed E-state index contributed by atoms with van der Waals surface area (Å²) >= 11 is 3.35. The molecule has 4 nitrogen and oxygen atoms in total. The van der Waals surface area contributed by atoms with Gasteiger partial charge in [0.25, 0.3) is 0 Å². The lowest BCUT2D eigenvalue weighted by atomic mass is 10.2. The molecule has 1 unspecified atom stereocenters. The van der Waals surface area contributed by atoms with Gasteiger partial charge in [-0.1, -0.05) is 15.9 Å². The highest BCUT2D eigenvalue weighted by Crippen LogP contribution is 2.32. The molecular formula is C11H11BrN2O2. The smallest absolute Gasteiger partial charge is 0.226 e. The molecule has 5 heteroatoms. The number of nitrogens with one attached hydrogen (secondary N) is 1. The summed E-state index contributed by atoms with van der Waals surface area (Å²) in [6.07, 6.45) is 1.07. The van der Waals surface area contributed by atoms with Crippen molar-refractivity contribution in [2.75, 3.05) is 10.2 Å². The van der Waals surface area contributed by atoms with Gasteiger partial charge in [0.05, 0.1) is 11.4 Å². The largest absolute Gasteiger partial charge is 0.324 e. The number of carbonyl (C=O) groups excluding carboxylic acids is 2. The molecule has 0 bridgehead atoms. The number of benzene rings is 1. The molecule has 1 aromatic rings. The number of nitrogens with zero attached hydrogens (tertiary/aromatic N) is 1. The first-order valence-electron chi connectivity index (χ1n) is 4.95. The summed E-state index contributed by atoms with van der Waals surface area (Å²) in [6.45, 7) is 1.85. The molecule has 2 amide bonds. The van der Waals surface area contributed by atoms with Crippen LogP contribution in [0.5, 0.6) is 0 Å². The summed E-state index contributed by atoms with van der Waals surface area (Å²) in [5.74, 6) is -0.0691. The average molecular weight is 283 g/mol. The zero-order valence-corrected chi connectivity index (χ0v) is 10.3. The Morgan fingerprint density at radius 1 is 1.56 bits per heavy atom. The topological polar surface area (TPSA) is 49.4 Å². The van der Waals surface area contributed by atoms with Crippen LogP contribution in [-0.4, -0.2) is 18.4 Å². The maximum absolute atomic E-state index is 11.5. The number of amides is 2. The Morgan fingerprint density at radius 2 is 2.31 bits per heavy atom. The molecule has 0 aromatic heterocycles. The number of anilines is 2. The summed E-state index contributed by atoms with van der Waals surface area (Å²) in [7, 11) is 0. The highest BCUT2D eigenvalue weighted by Gasteiger charge is 2.24. The SMILES string of the molecule is CC1CC(=O)Nc2ccc(Br)cc2N1C=O. The van der Waals surface area contributed by atoms with Gasteiger partial charge in [-0.3, -0.25) is 9.59 Å². The fraction of sp³-hybridized carbons (Fsp3) is 0.273. The third-order valence-corrected chi connectivity index (χ3v) is 3.07. The molecule has 2 rings (SSSR count). The second-order valence-corrected chi connectivity index (χ2v) is 4.69. The van der Waals surface area contributed by atoms with E-state index in [-0.39, 0.29) is 11.9 Å². The third kappa shape index (κ3) is 1.95. The first-order chi connectivity index (χ1) is 7.61. The van der Waals surface area contributed by atoms with Crippen molar-refractivity contribution in [1.82, 2.24) is 0 Å². The van der Waals surface area contributed by atoms with Crippen LogP contribution in [0.2, 0.25) is 0 Å². The summed E-state index contributed by atoms with van der Waals surface area (Å²) in [5.41, 5.74) is 1.40. The van der Waals surface area contributed by atoms with Crippen LogP contribution in [-0.2, 0) is 9.59 Å². The molecule has 0 saturated heterocycles. The fourth-order valence-corrected chi connectivity index (χ4v) is 2.14. The molecule has 16 heavy (non-hydrogen) atoms. The molecule has 0 fully saturated rings. The lowest BCUT2D eigenvalue weighted by molar-refractivity contribution is -0.116. The van der Waals surface area contributed by atoms with Crippen LogP contribution in [0, 0.1) is 0 Å². The Balaban J connectivity index is 2.54. The Kier molecular flexibility index (Phi) is 2.96. The van der Waals surface area contributed by atoms with E-state index in [0.29, 0.717) is 12.1 Å². The van der Waals surface area contributed by atoms with E-state index in [1.165, 1.54) is 0 Å². The molecule has 1 aromatic carbocycles. The monoisotopic (exact) mass is 282 g/mol. The molecule has 1 N–H and O–H groups in total. The van der Waals surface area contributed by atoms with Crippen molar-refractivity contribution in [1.29, 1.82) is 0 Å². The van der Waals surface area contributed by atoms with Gasteiger partial charge in [0.1, 0.15) is 0 Å². The van der Waals surface area contributed by atoms with Crippen molar-refractivity contribution in [3.63, 3.8) is 0 Å². The van der Waals surface area contributed by atoms with Crippen molar-refractivity contribution in [3.05, 3.63) is 22.7 Å². The maximum Gasteiger partial charge on any atom is 0.226 e. The van der Waals surface area contributed by atoms with Gasteiger partial charge in [-0.25, -0.2) is 0 Å². The second kappa shape index (κ2) is 4.25. The maximum atomic E-state index is 11.5. The number of halogens is 1. The second-order valence-electron chi connectivity index (χ2n) is 3.78. The standard InChI is InChI=1S/C11H11BrN2O2/c1-7-4-11(16)13-9-3-2-8(12)5-10(9)14(7)6-15/h2-3,5-7H,4H2,1H3,(H,13,16). The van der Waals surface area contributed by atoms with Gasteiger partial charge >= 0.3 is 0 Å². The first-order valence-corrected chi connectivity index (χ1v) is 5.74. The number of carbonyl (C=O) groups is 2. The van der Waals surface area contributed by atoms with Crippen LogP contribution in [0.15, 0.2) is 22.7 Å². The summed E-state index contributed by atoms with van der Waals surface area (Å²) in [6, 6.07) is 5.31. The van der Waals surface area contributed by atoms with E-state index in [1.54, 1.807) is 11.0 Å². The van der Waals surface area contributed by atoms with E-state index in [4.69, 9.17) is 0 Å².